The van der Waals surface area contributed by atoms with E-state index in [1.807, 2.05) is 6.07 Å². The first-order valence-electron chi connectivity index (χ1n) is 6.25. The summed E-state index contributed by atoms with van der Waals surface area (Å²) >= 11 is 0. The maximum atomic E-state index is 5.67. The molecule has 0 amide bonds. The molecule has 3 aromatic rings. The van der Waals surface area contributed by atoms with Gasteiger partial charge in [-0.25, -0.2) is 9.97 Å². The molecule has 19 heavy (non-hydrogen) atoms. The molecule has 0 spiro atoms. The fourth-order valence-electron chi connectivity index (χ4n) is 2.49. The van der Waals surface area contributed by atoms with Gasteiger partial charge in [0.25, 0.3) is 0 Å². The monoisotopic (exact) mass is 251 g/mol. The second-order valence-electron chi connectivity index (χ2n) is 4.78. The highest BCUT2D eigenvalue weighted by atomic mass is 15.0. The van der Waals surface area contributed by atoms with Crippen LogP contribution in [0.25, 0.3) is 22.6 Å². The number of hydrogen-bond acceptors (Lipinski definition) is 4. The highest BCUT2D eigenvalue weighted by Gasteiger charge is 2.12. The molecule has 4 N–H and O–H groups in total. The highest BCUT2D eigenvalue weighted by Crippen LogP contribution is 2.24. The minimum atomic E-state index is 0.490. The van der Waals surface area contributed by atoms with Gasteiger partial charge in [-0.3, -0.25) is 0 Å². The number of H-pyrrole nitrogens is 1. The van der Waals surface area contributed by atoms with Crippen molar-refractivity contribution in [1.29, 1.82) is 0 Å². The van der Waals surface area contributed by atoms with E-state index in [4.69, 9.17) is 5.73 Å². The summed E-state index contributed by atoms with van der Waals surface area (Å²) in [6, 6.07) is 10.1. The Morgan fingerprint density at radius 3 is 2.84 bits per heavy atom. The number of imidazole rings is 1. The minimum absolute atomic E-state index is 0.490. The largest absolute Gasteiger partial charge is 0.384 e. The Morgan fingerprint density at radius 1 is 1.00 bits per heavy atom. The molecule has 1 aliphatic rings. The Bertz CT molecular complexity index is 775. The van der Waals surface area contributed by atoms with Crippen molar-refractivity contribution in [1.82, 2.24) is 20.3 Å². The molecule has 1 aliphatic heterocycles. The van der Waals surface area contributed by atoms with Gasteiger partial charge in [0.2, 0.25) is 0 Å². The molecule has 94 valence electrons. The maximum absolute atomic E-state index is 5.67. The van der Waals surface area contributed by atoms with Crippen LogP contribution in [0.3, 0.4) is 0 Å². The number of nitrogen functional groups attached to an aromatic ring is 1. The summed E-state index contributed by atoms with van der Waals surface area (Å²) in [7, 11) is 0. The molecule has 0 radical (unpaired) electrons. The molecule has 0 aliphatic carbocycles. The first-order chi connectivity index (χ1) is 9.29. The summed E-state index contributed by atoms with van der Waals surface area (Å²) in [4.78, 5) is 12.0. The molecule has 2 aromatic heterocycles. The zero-order valence-corrected chi connectivity index (χ0v) is 10.3. The molecule has 0 fully saturated rings. The lowest BCUT2D eigenvalue weighted by molar-refractivity contribution is 0.765. The van der Waals surface area contributed by atoms with E-state index in [1.165, 1.54) is 11.1 Å². The lowest BCUT2D eigenvalue weighted by Gasteiger charge is -2.00. The molecule has 0 saturated carbocycles. The quantitative estimate of drug-likeness (QED) is 0.616. The summed E-state index contributed by atoms with van der Waals surface area (Å²) in [5, 5.41) is 3.34. The van der Waals surface area contributed by atoms with Gasteiger partial charge in [-0.1, -0.05) is 12.1 Å². The average Bonchev–Trinajstić information content (AvgIpc) is 3.02. The number of benzene rings is 1. The Labute approximate surface area is 109 Å². The lowest BCUT2D eigenvalue weighted by Crippen LogP contribution is -1.99. The smallest absolute Gasteiger partial charge is 0.180 e. The van der Waals surface area contributed by atoms with Gasteiger partial charge in [0.05, 0.1) is 5.52 Å². The van der Waals surface area contributed by atoms with Crippen LogP contribution in [-0.4, -0.2) is 15.0 Å². The number of hydrogen-bond donors (Lipinski definition) is 3. The fourth-order valence-corrected chi connectivity index (χ4v) is 2.49. The van der Waals surface area contributed by atoms with Crippen LogP contribution in [0.2, 0.25) is 0 Å². The second kappa shape index (κ2) is 3.80. The van der Waals surface area contributed by atoms with Crippen molar-refractivity contribution in [2.45, 2.75) is 13.1 Å². The zero-order chi connectivity index (χ0) is 12.8. The van der Waals surface area contributed by atoms with E-state index in [0.29, 0.717) is 11.5 Å². The van der Waals surface area contributed by atoms with Crippen LogP contribution in [0.4, 0.5) is 5.82 Å². The predicted octanol–water partition coefficient (Wildman–Crippen LogP) is 1.81. The normalized spacial score (nSPS) is 13.9. The van der Waals surface area contributed by atoms with Crippen molar-refractivity contribution >= 4 is 17.0 Å². The van der Waals surface area contributed by atoms with Gasteiger partial charge in [-0.05, 0) is 29.3 Å². The third-order valence-electron chi connectivity index (χ3n) is 3.48. The van der Waals surface area contributed by atoms with Crippen LogP contribution in [0, 0.1) is 0 Å². The zero-order valence-electron chi connectivity index (χ0n) is 10.3. The van der Waals surface area contributed by atoms with Gasteiger partial charge in [-0.2, -0.15) is 0 Å². The van der Waals surface area contributed by atoms with E-state index in [-0.39, 0.29) is 0 Å². The van der Waals surface area contributed by atoms with E-state index in [2.05, 4.69) is 38.5 Å². The Kier molecular flexibility index (Phi) is 2.10. The van der Waals surface area contributed by atoms with Gasteiger partial charge in [0.15, 0.2) is 5.65 Å². The third-order valence-corrected chi connectivity index (χ3v) is 3.48. The molecular formula is C14H13N5. The summed E-state index contributed by atoms with van der Waals surface area (Å²) in [6.07, 6.45) is 0. The molecule has 0 saturated heterocycles. The van der Waals surface area contributed by atoms with Crippen molar-refractivity contribution in [2.75, 3.05) is 5.73 Å². The molecular weight excluding hydrogens is 238 g/mol. The van der Waals surface area contributed by atoms with Crippen LogP contribution < -0.4 is 11.1 Å². The number of rotatable bonds is 1. The van der Waals surface area contributed by atoms with Crippen LogP contribution in [-0.2, 0) is 13.1 Å². The van der Waals surface area contributed by atoms with Crippen molar-refractivity contribution < 1.29 is 0 Å². The summed E-state index contributed by atoms with van der Waals surface area (Å²) in [5.74, 6) is 1.33. The minimum Gasteiger partial charge on any atom is -0.384 e. The van der Waals surface area contributed by atoms with Gasteiger partial charge < -0.3 is 16.0 Å². The molecule has 4 rings (SSSR count). The van der Waals surface area contributed by atoms with E-state index in [9.17, 15) is 0 Å². The molecule has 5 nitrogen and oxygen atoms in total. The Morgan fingerprint density at radius 2 is 1.89 bits per heavy atom. The number of anilines is 1. The number of pyridine rings is 1. The predicted molar refractivity (Wildman–Crippen MR) is 74.3 cm³/mol. The van der Waals surface area contributed by atoms with Crippen LogP contribution in [0.1, 0.15) is 11.1 Å². The van der Waals surface area contributed by atoms with Gasteiger partial charge in [-0.15, -0.1) is 0 Å². The fraction of sp³-hybridized carbons (Fsp3) is 0.143. The maximum Gasteiger partial charge on any atom is 0.180 e. The molecule has 0 unspecified atom stereocenters. The number of fused-ring (bicyclic) bond motifs is 2. The second-order valence-corrected chi connectivity index (χ2v) is 4.78. The van der Waals surface area contributed by atoms with Gasteiger partial charge in [0.1, 0.15) is 11.6 Å². The van der Waals surface area contributed by atoms with Crippen LogP contribution in [0.5, 0.6) is 0 Å². The molecule has 3 heterocycles. The van der Waals surface area contributed by atoms with Crippen molar-refractivity contribution in [3.63, 3.8) is 0 Å². The molecule has 1 aromatic carbocycles. The first-order valence-corrected chi connectivity index (χ1v) is 6.25. The number of nitrogens with zero attached hydrogens (tertiary/aromatic N) is 2. The van der Waals surface area contributed by atoms with Crippen molar-refractivity contribution in [3.8, 4) is 11.4 Å². The average molecular weight is 251 g/mol. The molecule has 0 bridgehead atoms. The molecule has 5 heteroatoms. The number of aromatic nitrogens is 3. The Hall–Kier alpha value is -2.40. The summed E-state index contributed by atoms with van der Waals surface area (Å²) < 4.78 is 0. The van der Waals surface area contributed by atoms with E-state index in [0.717, 1.165) is 30.0 Å². The van der Waals surface area contributed by atoms with E-state index >= 15 is 0 Å². The number of nitrogens with two attached hydrogens (primary N) is 1. The third kappa shape index (κ3) is 1.67. The standard InChI is InChI=1S/C14H13N5/c15-12-4-3-11-14(18-12)19-13(17-11)8-1-2-9-6-16-7-10(9)5-8/h1-5,16H,6-7H2,(H3,15,17,18,19). The summed E-state index contributed by atoms with van der Waals surface area (Å²) in [5.41, 5.74) is 11.0. The van der Waals surface area contributed by atoms with Crippen LogP contribution in [0.15, 0.2) is 30.3 Å². The van der Waals surface area contributed by atoms with Gasteiger partial charge in [0, 0.05) is 18.7 Å². The number of nitrogens with one attached hydrogen (secondary N) is 2. The van der Waals surface area contributed by atoms with Crippen molar-refractivity contribution in [2.24, 2.45) is 0 Å². The SMILES string of the molecule is Nc1ccc2[nH]c(-c3ccc4c(c3)CNC4)nc2n1. The van der Waals surface area contributed by atoms with Gasteiger partial charge >= 0.3 is 0 Å². The Balaban J connectivity index is 1.85. The lowest BCUT2D eigenvalue weighted by atomic mass is 10.1. The molecule has 0 atom stereocenters. The summed E-state index contributed by atoms with van der Waals surface area (Å²) in [6.45, 7) is 1.88. The number of aromatic amines is 1. The van der Waals surface area contributed by atoms with Crippen molar-refractivity contribution in [3.05, 3.63) is 41.5 Å². The topological polar surface area (TPSA) is 79.6 Å². The first kappa shape index (κ1) is 10.5. The highest BCUT2D eigenvalue weighted by molar-refractivity contribution is 5.77. The van der Waals surface area contributed by atoms with Crippen LogP contribution >= 0.6 is 0 Å². The van der Waals surface area contributed by atoms with E-state index in [1.54, 1.807) is 6.07 Å². The van der Waals surface area contributed by atoms with E-state index < -0.39 is 0 Å².